The van der Waals surface area contributed by atoms with Gasteiger partial charge in [0, 0.05) is 0 Å². The number of aryl methyl sites for hydroxylation is 2. The Morgan fingerprint density at radius 3 is 2.13 bits per heavy atom. The Bertz CT molecular complexity index is 1110. The van der Waals surface area contributed by atoms with Gasteiger partial charge in [0.2, 0.25) is 5.91 Å². The van der Waals surface area contributed by atoms with Crippen LogP contribution in [0.25, 0.3) is 0 Å². The maximum absolute atomic E-state index is 13.4. The van der Waals surface area contributed by atoms with Crippen molar-refractivity contribution in [3.05, 3.63) is 95.6 Å². The number of amides is 1. The summed E-state index contributed by atoms with van der Waals surface area (Å²) in [6.45, 7) is 5.57. The zero-order valence-corrected chi connectivity index (χ0v) is 18.9. The molecule has 0 aliphatic carbocycles. The Balaban J connectivity index is 1.83. The molecule has 0 radical (unpaired) electrons. The van der Waals surface area contributed by atoms with Gasteiger partial charge in [0.25, 0.3) is 10.0 Å². The number of anilines is 1. The van der Waals surface area contributed by atoms with E-state index in [0.717, 1.165) is 21.9 Å². The van der Waals surface area contributed by atoms with Crippen LogP contribution < -0.4 is 9.62 Å². The highest BCUT2D eigenvalue weighted by Gasteiger charge is 2.27. The van der Waals surface area contributed by atoms with E-state index in [9.17, 15) is 13.2 Å². The average molecular weight is 437 g/mol. The largest absolute Gasteiger partial charge is 0.348 e. The van der Waals surface area contributed by atoms with Crippen molar-refractivity contribution in [2.45, 2.75) is 38.1 Å². The molecule has 1 atom stereocenters. The van der Waals surface area contributed by atoms with E-state index in [0.29, 0.717) is 5.69 Å². The summed E-state index contributed by atoms with van der Waals surface area (Å²) in [5, 5.41) is 2.92. The third kappa shape index (κ3) is 5.52. The fourth-order valence-electron chi connectivity index (χ4n) is 3.29. The van der Waals surface area contributed by atoms with E-state index >= 15 is 0 Å². The van der Waals surface area contributed by atoms with Crippen LogP contribution in [0.1, 0.15) is 36.6 Å². The molecule has 6 heteroatoms. The third-order valence-corrected chi connectivity index (χ3v) is 6.99. The summed E-state index contributed by atoms with van der Waals surface area (Å²) >= 11 is 0. The molecule has 3 rings (SSSR count). The van der Waals surface area contributed by atoms with Gasteiger partial charge >= 0.3 is 0 Å². The van der Waals surface area contributed by atoms with Gasteiger partial charge in [-0.3, -0.25) is 9.10 Å². The number of rotatable bonds is 8. The van der Waals surface area contributed by atoms with Crippen LogP contribution in [0.5, 0.6) is 0 Å². The van der Waals surface area contributed by atoms with Gasteiger partial charge in [-0.2, -0.15) is 0 Å². The summed E-state index contributed by atoms with van der Waals surface area (Å²) in [4.78, 5) is 13.0. The summed E-state index contributed by atoms with van der Waals surface area (Å²) < 4.78 is 27.9. The zero-order chi connectivity index (χ0) is 22.4. The SMILES string of the molecule is CCc1ccc([C@H](C)NC(=O)CN(c2ccccc2)S(=O)(=O)c2ccc(C)cc2)cc1. The maximum atomic E-state index is 13.4. The molecule has 0 saturated heterocycles. The maximum Gasteiger partial charge on any atom is 0.264 e. The fourth-order valence-corrected chi connectivity index (χ4v) is 4.71. The highest BCUT2D eigenvalue weighted by Crippen LogP contribution is 2.24. The number of carbonyl (C=O) groups excluding carboxylic acids is 1. The Hall–Kier alpha value is -3.12. The number of nitrogens with zero attached hydrogens (tertiary/aromatic N) is 1. The number of carbonyl (C=O) groups is 1. The lowest BCUT2D eigenvalue weighted by Gasteiger charge is -2.25. The first-order valence-corrected chi connectivity index (χ1v) is 11.8. The van der Waals surface area contributed by atoms with Gasteiger partial charge in [-0.15, -0.1) is 0 Å². The summed E-state index contributed by atoms with van der Waals surface area (Å²) in [6, 6.07) is 23.1. The minimum atomic E-state index is -3.90. The van der Waals surface area contributed by atoms with Crippen molar-refractivity contribution < 1.29 is 13.2 Å². The first-order valence-electron chi connectivity index (χ1n) is 10.3. The standard InChI is InChI=1S/C25H28N2O3S/c1-4-21-12-14-22(15-13-21)20(3)26-25(28)18-27(23-8-6-5-7-9-23)31(29,30)24-16-10-19(2)11-17-24/h5-17,20H,4,18H2,1-3H3,(H,26,28)/t20-/m0/s1. The van der Waals surface area contributed by atoms with E-state index in [1.54, 1.807) is 48.5 Å². The summed E-state index contributed by atoms with van der Waals surface area (Å²) in [7, 11) is -3.90. The molecule has 0 aliphatic rings. The van der Waals surface area contributed by atoms with E-state index in [2.05, 4.69) is 12.2 Å². The highest BCUT2D eigenvalue weighted by atomic mass is 32.2. The molecular weight excluding hydrogens is 408 g/mol. The first-order chi connectivity index (χ1) is 14.8. The van der Waals surface area contributed by atoms with Crippen molar-refractivity contribution in [1.29, 1.82) is 0 Å². The Kier molecular flexibility index (Phi) is 7.13. The molecule has 0 saturated carbocycles. The molecule has 1 amide bonds. The molecular formula is C25H28N2O3S. The monoisotopic (exact) mass is 436 g/mol. The molecule has 0 aliphatic heterocycles. The lowest BCUT2D eigenvalue weighted by molar-refractivity contribution is -0.120. The minimum Gasteiger partial charge on any atom is -0.348 e. The smallest absolute Gasteiger partial charge is 0.264 e. The normalized spacial score (nSPS) is 12.2. The van der Waals surface area contributed by atoms with E-state index in [1.165, 1.54) is 5.56 Å². The molecule has 0 aromatic heterocycles. The van der Waals surface area contributed by atoms with E-state index < -0.39 is 10.0 Å². The van der Waals surface area contributed by atoms with E-state index in [-0.39, 0.29) is 23.4 Å². The lowest BCUT2D eigenvalue weighted by Crippen LogP contribution is -2.41. The molecule has 0 bridgehead atoms. The van der Waals surface area contributed by atoms with Gasteiger partial charge in [-0.1, -0.05) is 67.1 Å². The Labute approximate surface area is 184 Å². The van der Waals surface area contributed by atoms with Crippen LogP contribution in [0.3, 0.4) is 0 Å². The Morgan fingerprint density at radius 2 is 1.55 bits per heavy atom. The number of sulfonamides is 1. The summed E-state index contributed by atoms with van der Waals surface area (Å²) in [6.07, 6.45) is 0.948. The first kappa shape index (κ1) is 22.6. The predicted molar refractivity (Wildman–Crippen MR) is 125 cm³/mol. The van der Waals surface area contributed by atoms with E-state index in [1.807, 2.05) is 44.2 Å². The van der Waals surface area contributed by atoms with Crippen LogP contribution in [-0.2, 0) is 21.2 Å². The Morgan fingerprint density at radius 1 is 0.935 bits per heavy atom. The molecule has 0 spiro atoms. The van der Waals surface area contributed by atoms with Gasteiger partial charge in [0.05, 0.1) is 16.6 Å². The molecule has 0 heterocycles. The van der Waals surface area contributed by atoms with Crippen LogP contribution in [0.4, 0.5) is 5.69 Å². The summed E-state index contributed by atoms with van der Waals surface area (Å²) in [5.41, 5.74) is 3.60. The van der Waals surface area contributed by atoms with Crippen molar-refractivity contribution in [3.8, 4) is 0 Å². The van der Waals surface area contributed by atoms with Crippen LogP contribution in [0.2, 0.25) is 0 Å². The topological polar surface area (TPSA) is 66.5 Å². The third-order valence-electron chi connectivity index (χ3n) is 5.21. The van der Waals surface area contributed by atoms with Crippen LogP contribution in [-0.4, -0.2) is 20.9 Å². The van der Waals surface area contributed by atoms with Gasteiger partial charge in [0.15, 0.2) is 0 Å². The number of hydrogen-bond acceptors (Lipinski definition) is 3. The van der Waals surface area contributed by atoms with Gasteiger partial charge in [-0.05, 0) is 55.7 Å². The van der Waals surface area contributed by atoms with Gasteiger partial charge in [0.1, 0.15) is 6.54 Å². The molecule has 31 heavy (non-hydrogen) atoms. The number of para-hydroxylation sites is 1. The average Bonchev–Trinajstić information content (AvgIpc) is 2.78. The molecule has 0 fully saturated rings. The number of hydrogen-bond donors (Lipinski definition) is 1. The molecule has 1 N–H and O–H groups in total. The van der Waals surface area contributed by atoms with Crippen molar-refractivity contribution in [1.82, 2.24) is 5.32 Å². The van der Waals surface area contributed by atoms with Crippen molar-refractivity contribution in [3.63, 3.8) is 0 Å². The quantitative estimate of drug-likeness (QED) is 0.560. The lowest BCUT2D eigenvalue weighted by atomic mass is 10.1. The minimum absolute atomic E-state index is 0.151. The molecule has 162 valence electrons. The summed E-state index contributed by atoms with van der Waals surface area (Å²) in [5.74, 6) is -0.369. The molecule has 0 unspecified atom stereocenters. The van der Waals surface area contributed by atoms with E-state index in [4.69, 9.17) is 0 Å². The van der Waals surface area contributed by atoms with Crippen LogP contribution in [0, 0.1) is 6.92 Å². The predicted octanol–water partition coefficient (Wildman–Crippen LogP) is 4.63. The number of benzene rings is 3. The fraction of sp³-hybridized carbons (Fsp3) is 0.240. The van der Waals surface area contributed by atoms with Gasteiger partial charge in [-0.25, -0.2) is 8.42 Å². The van der Waals surface area contributed by atoms with Crippen molar-refractivity contribution in [2.75, 3.05) is 10.8 Å². The van der Waals surface area contributed by atoms with Gasteiger partial charge < -0.3 is 5.32 Å². The second kappa shape index (κ2) is 9.79. The van der Waals surface area contributed by atoms with Crippen LogP contribution in [0.15, 0.2) is 83.8 Å². The highest BCUT2D eigenvalue weighted by molar-refractivity contribution is 7.92. The second-order valence-corrected chi connectivity index (χ2v) is 9.41. The van der Waals surface area contributed by atoms with Crippen LogP contribution >= 0.6 is 0 Å². The zero-order valence-electron chi connectivity index (χ0n) is 18.1. The van der Waals surface area contributed by atoms with Crippen molar-refractivity contribution in [2.24, 2.45) is 0 Å². The van der Waals surface area contributed by atoms with Crippen molar-refractivity contribution >= 4 is 21.6 Å². The molecule has 3 aromatic rings. The number of nitrogens with one attached hydrogen (secondary N) is 1. The second-order valence-electron chi connectivity index (χ2n) is 7.54. The molecule has 5 nitrogen and oxygen atoms in total. The molecule has 3 aromatic carbocycles.